The van der Waals surface area contributed by atoms with Crippen LogP contribution in [0.15, 0.2) is 24.3 Å². The molecule has 0 radical (unpaired) electrons. The molecule has 94 valence electrons. The predicted octanol–water partition coefficient (Wildman–Crippen LogP) is 3.93. The second-order valence-corrected chi connectivity index (χ2v) is 5.02. The molecule has 2 nitrogen and oxygen atoms in total. The Morgan fingerprint density at radius 3 is 2.76 bits per heavy atom. The molecule has 1 aliphatic rings. The fourth-order valence-corrected chi connectivity index (χ4v) is 2.24. The lowest BCUT2D eigenvalue weighted by molar-refractivity contribution is 0.0168. The Balaban J connectivity index is 1.96. The maximum absolute atomic E-state index is 6.16. The molecule has 1 fully saturated rings. The maximum Gasteiger partial charge on any atom is 0.119 e. The normalized spacial score (nSPS) is 24.6. The van der Waals surface area contributed by atoms with Crippen LogP contribution in [0.25, 0.3) is 0 Å². The smallest absolute Gasteiger partial charge is 0.119 e. The van der Waals surface area contributed by atoms with Gasteiger partial charge in [-0.25, -0.2) is 0 Å². The van der Waals surface area contributed by atoms with Gasteiger partial charge in [-0.3, -0.25) is 0 Å². The molecule has 1 aliphatic heterocycles. The first-order valence-electron chi connectivity index (χ1n) is 6.28. The SMILES string of the molecule is CCCOc1ccc(C2CC(Cl)CCO2)cc1. The molecule has 0 saturated carbocycles. The van der Waals surface area contributed by atoms with Crippen LogP contribution in [0.4, 0.5) is 0 Å². The summed E-state index contributed by atoms with van der Waals surface area (Å²) in [6, 6.07) is 8.16. The summed E-state index contributed by atoms with van der Waals surface area (Å²) in [6.45, 7) is 3.63. The topological polar surface area (TPSA) is 18.5 Å². The van der Waals surface area contributed by atoms with Gasteiger partial charge in [-0.1, -0.05) is 19.1 Å². The van der Waals surface area contributed by atoms with E-state index in [4.69, 9.17) is 21.1 Å². The maximum atomic E-state index is 6.16. The van der Waals surface area contributed by atoms with E-state index < -0.39 is 0 Å². The summed E-state index contributed by atoms with van der Waals surface area (Å²) in [7, 11) is 0. The largest absolute Gasteiger partial charge is 0.494 e. The third-order valence-corrected chi connectivity index (χ3v) is 3.34. The van der Waals surface area contributed by atoms with Gasteiger partial charge >= 0.3 is 0 Å². The lowest BCUT2D eigenvalue weighted by Crippen LogP contribution is -2.19. The number of ether oxygens (including phenoxy) is 2. The molecule has 2 rings (SSSR count). The van der Waals surface area contributed by atoms with Crippen LogP contribution in [0, 0.1) is 0 Å². The van der Waals surface area contributed by atoms with Gasteiger partial charge in [0.1, 0.15) is 5.75 Å². The molecule has 1 heterocycles. The molecular formula is C14H19ClO2. The first-order valence-corrected chi connectivity index (χ1v) is 6.71. The zero-order valence-electron chi connectivity index (χ0n) is 10.2. The van der Waals surface area contributed by atoms with Gasteiger partial charge in [0.15, 0.2) is 0 Å². The minimum absolute atomic E-state index is 0.145. The number of hydrogen-bond acceptors (Lipinski definition) is 2. The molecule has 0 aliphatic carbocycles. The van der Waals surface area contributed by atoms with E-state index in [-0.39, 0.29) is 11.5 Å². The van der Waals surface area contributed by atoms with E-state index in [0.29, 0.717) is 0 Å². The minimum atomic E-state index is 0.145. The van der Waals surface area contributed by atoms with E-state index in [1.807, 2.05) is 12.1 Å². The monoisotopic (exact) mass is 254 g/mol. The van der Waals surface area contributed by atoms with Crippen molar-refractivity contribution >= 4 is 11.6 Å². The fourth-order valence-electron chi connectivity index (χ4n) is 1.99. The molecule has 2 atom stereocenters. The van der Waals surface area contributed by atoms with E-state index >= 15 is 0 Å². The molecule has 17 heavy (non-hydrogen) atoms. The van der Waals surface area contributed by atoms with Crippen LogP contribution < -0.4 is 4.74 Å². The second-order valence-electron chi connectivity index (χ2n) is 4.40. The highest BCUT2D eigenvalue weighted by molar-refractivity contribution is 6.20. The Morgan fingerprint density at radius 1 is 1.35 bits per heavy atom. The van der Waals surface area contributed by atoms with Crippen molar-refractivity contribution in [2.75, 3.05) is 13.2 Å². The minimum Gasteiger partial charge on any atom is -0.494 e. The van der Waals surface area contributed by atoms with Crippen molar-refractivity contribution < 1.29 is 9.47 Å². The van der Waals surface area contributed by atoms with Crippen molar-refractivity contribution in [2.24, 2.45) is 0 Å². The third kappa shape index (κ3) is 3.62. The van der Waals surface area contributed by atoms with Crippen molar-refractivity contribution in [3.63, 3.8) is 0 Å². The molecule has 0 amide bonds. The van der Waals surface area contributed by atoms with E-state index in [0.717, 1.165) is 38.2 Å². The first-order chi connectivity index (χ1) is 8.29. The Hall–Kier alpha value is -0.730. The molecule has 0 bridgehead atoms. The highest BCUT2D eigenvalue weighted by Gasteiger charge is 2.22. The van der Waals surface area contributed by atoms with Crippen molar-refractivity contribution in [1.29, 1.82) is 0 Å². The third-order valence-electron chi connectivity index (χ3n) is 2.94. The van der Waals surface area contributed by atoms with E-state index in [9.17, 15) is 0 Å². The van der Waals surface area contributed by atoms with Gasteiger partial charge in [0.2, 0.25) is 0 Å². The molecule has 1 saturated heterocycles. The van der Waals surface area contributed by atoms with Crippen LogP contribution in [-0.2, 0) is 4.74 Å². The average Bonchev–Trinajstić information content (AvgIpc) is 2.37. The van der Waals surface area contributed by atoms with Gasteiger partial charge < -0.3 is 9.47 Å². The lowest BCUT2D eigenvalue weighted by atomic mass is 10.0. The number of halogens is 1. The van der Waals surface area contributed by atoms with E-state index in [1.165, 1.54) is 5.56 Å². The Labute approximate surface area is 108 Å². The molecule has 1 aromatic rings. The Kier molecular flexibility index (Phi) is 4.69. The van der Waals surface area contributed by atoms with Gasteiger partial charge in [-0.15, -0.1) is 11.6 Å². The molecule has 0 spiro atoms. The summed E-state index contributed by atoms with van der Waals surface area (Å²) < 4.78 is 11.3. The van der Waals surface area contributed by atoms with Crippen LogP contribution >= 0.6 is 11.6 Å². The highest BCUT2D eigenvalue weighted by Crippen LogP contribution is 2.31. The number of benzene rings is 1. The second kappa shape index (κ2) is 6.27. The van der Waals surface area contributed by atoms with Crippen LogP contribution in [-0.4, -0.2) is 18.6 Å². The standard InChI is InChI=1S/C14H19ClO2/c1-2-8-16-13-5-3-11(4-6-13)14-10-12(15)7-9-17-14/h3-6,12,14H,2,7-10H2,1H3. The summed E-state index contributed by atoms with van der Waals surface area (Å²) in [4.78, 5) is 0. The Morgan fingerprint density at radius 2 is 2.12 bits per heavy atom. The van der Waals surface area contributed by atoms with Crippen molar-refractivity contribution in [3.8, 4) is 5.75 Å². The molecule has 0 aromatic heterocycles. The molecule has 1 aromatic carbocycles. The van der Waals surface area contributed by atoms with Gasteiger partial charge in [0.25, 0.3) is 0 Å². The first kappa shape index (κ1) is 12.7. The summed E-state index contributed by atoms with van der Waals surface area (Å²) in [6.07, 6.45) is 3.03. The van der Waals surface area contributed by atoms with Crippen LogP contribution in [0.2, 0.25) is 0 Å². The summed E-state index contributed by atoms with van der Waals surface area (Å²) in [5.41, 5.74) is 1.19. The lowest BCUT2D eigenvalue weighted by Gasteiger charge is -2.26. The van der Waals surface area contributed by atoms with Gasteiger partial charge in [-0.05, 0) is 37.0 Å². The Bertz CT molecular complexity index is 337. The molecule has 0 N–H and O–H groups in total. The summed E-state index contributed by atoms with van der Waals surface area (Å²) in [5, 5.41) is 0.241. The van der Waals surface area contributed by atoms with E-state index in [1.54, 1.807) is 0 Å². The number of hydrogen-bond donors (Lipinski definition) is 0. The molecular weight excluding hydrogens is 236 g/mol. The fraction of sp³-hybridized carbons (Fsp3) is 0.571. The van der Waals surface area contributed by atoms with Gasteiger partial charge in [-0.2, -0.15) is 0 Å². The molecule has 3 heteroatoms. The van der Waals surface area contributed by atoms with E-state index in [2.05, 4.69) is 19.1 Å². The predicted molar refractivity (Wildman–Crippen MR) is 69.8 cm³/mol. The van der Waals surface area contributed by atoms with Crippen molar-refractivity contribution in [1.82, 2.24) is 0 Å². The van der Waals surface area contributed by atoms with Crippen LogP contribution in [0.1, 0.15) is 37.9 Å². The van der Waals surface area contributed by atoms with Crippen LogP contribution in [0.3, 0.4) is 0 Å². The van der Waals surface area contributed by atoms with Crippen molar-refractivity contribution in [2.45, 2.75) is 37.7 Å². The zero-order chi connectivity index (χ0) is 12.1. The molecule has 2 unspecified atom stereocenters. The zero-order valence-corrected chi connectivity index (χ0v) is 11.0. The summed E-state index contributed by atoms with van der Waals surface area (Å²) >= 11 is 6.16. The van der Waals surface area contributed by atoms with Gasteiger partial charge in [0.05, 0.1) is 12.7 Å². The highest BCUT2D eigenvalue weighted by atomic mass is 35.5. The summed E-state index contributed by atoms with van der Waals surface area (Å²) in [5.74, 6) is 0.925. The van der Waals surface area contributed by atoms with Gasteiger partial charge in [0, 0.05) is 12.0 Å². The average molecular weight is 255 g/mol. The quantitative estimate of drug-likeness (QED) is 0.758. The van der Waals surface area contributed by atoms with Crippen LogP contribution in [0.5, 0.6) is 5.75 Å². The number of alkyl halides is 1. The number of rotatable bonds is 4. The van der Waals surface area contributed by atoms with Crippen molar-refractivity contribution in [3.05, 3.63) is 29.8 Å².